The third kappa shape index (κ3) is 1.37. The lowest BCUT2D eigenvalue weighted by molar-refractivity contribution is 0.550. The molecule has 0 bridgehead atoms. The van der Waals surface area contributed by atoms with Crippen molar-refractivity contribution in [1.29, 1.82) is 0 Å². The maximum Gasteiger partial charge on any atom is 0.210 e. The lowest BCUT2D eigenvalue weighted by atomic mass is 10.4. The smallest absolute Gasteiger partial charge is 0.210 e. The summed E-state index contributed by atoms with van der Waals surface area (Å²) in [5.74, 6) is -1.64. The molecule has 2 rings (SSSR count). The monoisotopic (exact) mass is 182 g/mol. The first-order chi connectivity index (χ1) is 6.27. The van der Waals surface area contributed by atoms with Crippen LogP contribution >= 0.6 is 0 Å². The molecule has 0 saturated heterocycles. The first kappa shape index (κ1) is 7.78. The summed E-state index contributed by atoms with van der Waals surface area (Å²) in [6, 6.07) is 0.728. The molecule has 0 aliphatic carbocycles. The summed E-state index contributed by atoms with van der Waals surface area (Å²) in [4.78, 5) is 4.49. The second kappa shape index (κ2) is 2.89. The average Bonchev–Trinajstić information content (AvgIpc) is 2.56. The maximum atomic E-state index is 13.0. The number of hydrogen-bond acceptors (Lipinski definition) is 3. The van der Waals surface area contributed by atoms with E-state index in [1.807, 2.05) is 0 Å². The molecule has 2 aromatic heterocycles. The molecule has 0 saturated carbocycles. The summed E-state index contributed by atoms with van der Waals surface area (Å²) in [7, 11) is 0. The van der Waals surface area contributed by atoms with Crippen molar-refractivity contribution in [2.45, 2.75) is 0 Å². The molecule has 0 atom stereocenters. The highest BCUT2D eigenvalue weighted by Gasteiger charge is 2.07. The summed E-state index contributed by atoms with van der Waals surface area (Å²) in [6.45, 7) is 0. The number of pyridine rings is 1. The van der Waals surface area contributed by atoms with Gasteiger partial charge >= 0.3 is 0 Å². The van der Waals surface area contributed by atoms with E-state index in [0.29, 0.717) is 0 Å². The summed E-state index contributed by atoms with van der Waals surface area (Å²) in [5.41, 5.74) is 0. The predicted molar refractivity (Wildman–Crippen MR) is 39.1 cm³/mol. The zero-order valence-electron chi connectivity index (χ0n) is 6.35. The maximum absolute atomic E-state index is 13.0. The Morgan fingerprint density at radius 2 is 1.85 bits per heavy atom. The molecule has 2 aromatic rings. The Bertz CT molecular complexity index is 412. The van der Waals surface area contributed by atoms with Crippen molar-refractivity contribution < 1.29 is 8.78 Å². The SMILES string of the molecule is Fc1cnc(-n2nccn2)c(F)c1. The lowest BCUT2D eigenvalue weighted by Crippen LogP contribution is -2.04. The van der Waals surface area contributed by atoms with Crippen molar-refractivity contribution in [2.24, 2.45) is 0 Å². The van der Waals surface area contributed by atoms with Gasteiger partial charge in [-0.05, 0) is 0 Å². The van der Waals surface area contributed by atoms with E-state index < -0.39 is 11.6 Å². The van der Waals surface area contributed by atoms with Gasteiger partial charge in [-0.15, -0.1) is 4.80 Å². The highest BCUT2D eigenvalue weighted by molar-refractivity contribution is 5.20. The van der Waals surface area contributed by atoms with Crippen LogP contribution in [0.4, 0.5) is 8.78 Å². The molecule has 0 radical (unpaired) electrons. The molecule has 6 heteroatoms. The molecule has 66 valence electrons. The largest absolute Gasteiger partial charge is 0.230 e. The fourth-order valence-corrected chi connectivity index (χ4v) is 0.880. The fourth-order valence-electron chi connectivity index (χ4n) is 0.880. The van der Waals surface area contributed by atoms with Crippen LogP contribution in [0.15, 0.2) is 24.7 Å². The summed E-state index contributed by atoms with van der Waals surface area (Å²) in [6.07, 6.45) is 3.66. The Morgan fingerprint density at radius 1 is 1.15 bits per heavy atom. The van der Waals surface area contributed by atoms with Crippen LogP contribution in [0.3, 0.4) is 0 Å². The van der Waals surface area contributed by atoms with E-state index in [1.54, 1.807) is 0 Å². The average molecular weight is 182 g/mol. The van der Waals surface area contributed by atoms with Gasteiger partial charge in [0.2, 0.25) is 5.82 Å². The van der Waals surface area contributed by atoms with Gasteiger partial charge in [-0.3, -0.25) is 0 Å². The number of rotatable bonds is 1. The van der Waals surface area contributed by atoms with E-state index in [0.717, 1.165) is 17.1 Å². The molecule has 0 aliphatic rings. The van der Waals surface area contributed by atoms with Gasteiger partial charge in [0.1, 0.15) is 5.82 Å². The van der Waals surface area contributed by atoms with Gasteiger partial charge in [0.05, 0.1) is 18.6 Å². The normalized spacial score (nSPS) is 10.3. The van der Waals surface area contributed by atoms with E-state index in [4.69, 9.17) is 0 Å². The van der Waals surface area contributed by atoms with E-state index in [2.05, 4.69) is 15.2 Å². The molecule has 0 N–H and O–H groups in total. The zero-order valence-corrected chi connectivity index (χ0v) is 6.35. The van der Waals surface area contributed by atoms with Crippen LogP contribution in [0, 0.1) is 11.6 Å². The predicted octanol–water partition coefficient (Wildman–Crippen LogP) is 0.941. The van der Waals surface area contributed by atoms with E-state index in [9.17, 15) is 8.78 Å². The Balaban J connectivity index is 2.53. The third-order valence-corrected chi connectivity index (χ3v) is 1.40. The van der Waals surface area contributed by atoms with Gasteiger partial charge in [0.25, 0.3) is 0 Å². The number of hydrogen-bond donors (Lipinski definition) is 0. The molecular weight excluding hydrogens is 178 g/mol. The molecule has 0 aliphatic heterocycles. The first-order valence-corrected chi connectivity index (χ1v) is 3.45. The highest BCUT2D eigenvalue weighted by atomic mass is 19.1. The van der Waals surface area contributed by atoms with Gasteiger partial charge in [-0.25, -0.2) is 13.8 Å². The Hall–Kier alpha value is -1.85. The molecular formula is C7H4F2N4. The summed E-state index contributed by atoms with van der Waals surface area (Å²) in [5, 5.41) is 7.32. The minimum Gasteiger partial charge on any atom is -0.230 e. The van der Waals surface area contributed by atoms with Gasteiger partial charge in [-0.2, -0.15) is 10.2 Å². The summed E-state index contributed by atoms with van der Waals surface area (Å²) < 4.78 is 25.4. The van der Waals surface area contributed by atoms with Crippen molar-refractivity contribution in [3.05, 3.63) is 36.3 Å². The van der Waals surface area contributed by atoms with E-state index >= 15 is 0 Å². The first-order valence-electron chi connectivity index (χ1n) is 3.45. The Morgan fingerprint density at radius 3 is 2.46 bits per heavy atom. The lowest BCUT2D eigenvalue weighted by Gasteiger charge is -1.98. The molecule has 0 amide bonds. The van der Waals surface area contributed by atoms with Gasteiger partial charge in [0.15, 0.2) is 5.82 Å². The van der Waals surface area contributed by atoms with E-state index in [1.165, 1.54) is 12.4 Å². The van der Waals surface area contributed by atoms with Gasteiger partial charge < -0.3 is 0 Å². The zero-order chi connectivity index (χ0) is 9.26. The van der Waals surface area contributed by atoms with Crippen molar-refractivity contribution in [2.75, 3.05) is 0 Å². The van der Waals surface area contributed by atoms with Crippen LogP contribution in [-0.4, -0.2) is 20.0 Å². The van der Waals surface area contributed by atoms with Gasteiger partial charge in [0, 0.05) is 6.07 Å². The van der Waals surface area contributed by atoms with E-state index in [-0.39, 0.29) is 5.82 Å². The van der Waals surface area contributed by atoms with Crippen LogP contribution in [-0.2, 0) is 0 Å². The molecule has 2 heterocycles. The molecule has 0 fully saturated rings. The van der Waals surface area contributed by atoms with Crippen LogP contribution < -0.4 is 0 Å². The molecule has 0 aromatic carbocycles. The molecule has 13 heavy (non-hydrogen) atoms. The second-order valence-electron chi connectivity index (χ2n) is 2.28. The van der Waals surface area contributed by atoms with Gasteiger partial charge in [-0.1, -0.05) is 0 Å². The van der Waals surface area contributed by atoms with Crippen molar-refractivity contribution in [3.8, 4) is 5.82 Å². The standard InChI is InChI=1S/C7H4F2N4/c8-5-3-6(9)7(10-4-5)13-11-1-2-12-13/h1-4H. The highest BCUT2D eigenvalue weighted by Crippen LogP contribution is 2.08. The summed E-state index contributed by atoms with van der Waals surface area (Å²) >= 11 is 0. The Kier molecular flexibility index (Phi) is 1.73. The molecule has 4 nitrogen and oxygen atoms in total. The fraction of sp³-hybridized carbons (Fsp3) is 0. The van der Waals surface area contributed by atoms with Crippen molar-refractivity contribution in [1.82, 2.24) is 20.0 Å². The third-order valence-electron chi connectivity index (χ3n) is 1.40. The molecule has 0 unspecified atom stereocenters. The quantitative estimate of drug-likeness (QED) is 0.659. The Labute approximate surface area is 71.8 Å². The number of nitrogens with zero attached hydrogens (tertiary/aromatic N) is 4. The second-order valence-corrected chi connectivity index (χ2v) is 2.28. The van der Waals surface area contributed by atoms with Crippen LogP contribution in [0.1, 0.15) is 0 Å². The minimum atomic E-state index is -0.795. The molecule has 0 spiro atoms. The van der Waals surface area contributed by atoms with Crippen LogP contribution in [0.2, 0.25) is 0 Å². The number of halogens is 2. The van der Waals surface area contributed by atoms with Crippen LogP contribution in [0.25, 0.3) is 5.82 Å². The van der Waals surface area contributed by atoms with Crippen LogP contribution in [0.5, 0.6) is 0 Å². The number of aromatic nitrogens is 4. The van der Waals surface area contributed by atoms with Crippen molar-refractivity contribution in [3.63, 3.8) is 0 Å². The van der Waals surface area contributed by atoms with Crippen molar-refractivity contribution >= 4 is 0 Å². The topological polar surface area (TPSA) is 43.6 Å². The minimum absolute atomic E-state index is 0.119.